The van der Waals surface area contributed by atoms with Crippen LogP contribution < -0.4 is 10.6 Å². The number of anilines is 2. The Labute approximate surface area is 115 Å². The first-order chi connectivity index (χ1) is 9.63. The minimum Gasteiger partial charge on any atom is -0.481 e. The third-order valence-corrected chi connectivity index (χ3v) is 2.45. The molecule has 0 fully saturated rings. The maximum atomic E-state index is 11.7. The molecular weight excluding hydrogens is 258 g/mol. The summed E-state index contributed by atoms with van der Waals surface area (Å²) >= 11 is 0. The molecule has 0 unspecified atom stereocenters. The molecule has 3 N–H and O–H groups in total. The molecule has 2 rings (SSSR count). The zero-order valence-corrected chi connectivity index (χ0v) is 10.5. The molecule has 0 radical (unpaired) electrons. The second-order valence-electron chi connectivity index (χ2n) is 4.05. The highest BCUT2D eigenvalue weighted by Gasteiger charge is 2.04. The van der Waals surface area contributed by atoms with Crippen LogP contribution in [0, 0.1) is 0 Å². The maximum absolute atomic E-state index is 11.7. The summed E-state index contributed by atoms with van der Waals surface area (Å²) in [7, 11) is 0. The van der Waals surface area contributed by atoms with E-state index in [1.807, 2.05) is 18.2 Å². The van der Waals surface area contributed by atoms with Crippen molar-refractivity contribution in [1.29, 1.82) is 0 Å². The summed E-state index contributed by atoms with van der Waals surface area (Å²) in [5.74, 6) is -0.944. The van der Waals surface area contributed by atoms with Gasteiger partial charge in [-0.15, -0.1) is 0 Å². The highest BCUT2D eigenvalue weighted by atomic mass is 16.4. The molecule has 0 spiro atoms. The molecule has 20 heavy (non-hydrogen) atoms. The molecule has 1 heterocycles. The van der Waals surface area contributed by atoms with Crippen LogP contribution in [0.3, 0.4) is 0 Å². The van der Waals surface area contributed by atoms with Gasteiger partial charge in [-0.05, 0) is 24.3 Å². The van der Waals surface area contributed by atoms with E-state index < -0.39 is 5.97 Å². The average molecular weight is 271 g/mol. The molecule has 0 saturated carbocycles. The zero-order chi connectivity index (χ0) is 14.4. The van der Waals surface area contributed by atoms with Gasteiger partial charge in [0.05, 0.1) is 24.0 Å². The molecule has 0 aliphatic carbocycles. The molecular formula is C14H13N3O3. The number of benzene rings is 1. The topological polar surface area (TPSA) is 91.3 Å². The summed E-state index contributed by atoms with van der Waals surface area (Å²) in [6.45, 7) is 0. The van der Waals surface area contributed by atoms with Crippen molar-refractivity contribution < 1.29 is 14.7 Å². The van der Waals surface area contributed by atoms with E-state index in [4.69, 9.17) is 5.11 Å². The smallest absolute Gasteiger partial charge is 0.323 e. The highest BCUT2D eigenvalue weighted by Crippen LogP contribution is 2.09. The number of nitrogens with zero attached hydrogens (tertiary/aromatic N) is 1. The van der Waals surface area contributed by atoms with E-state index in [9.17, 15) is 9.59 Å². The van der Waals surface area contributed by atoms with Crippen molar-refractivity contribution >= 4 is 23.4 Å². The van der Waals surface area contributed by atoms with E-state index in [-0.39, 0.29) is 12.5 Å². The molecule has 0 saturated heterocycles. The number of aromatic nitrogens is 1. The van der Waals surface area contributed by atoms with Crippen LogP contribution in [-0.2, 0) is 11.2 Å². The molecule has 102 valence electrons. The fourth-order valence-corrected chi connectivity index (χ4v) is 1.57. The van der Waals surface area contributed by atoms with Crippen LogP contribution in [0.15, 0.2) is 48.7 Å². The molecule has 6 heteroatoms. The Hall–Kier alpha value is -2.89. The molecule has 6 nitrogen and oxygen atoms in total. The number of carboxylic acid groups (broad SMARTS) is 1. The van der Waals surface area contributed by atoms with E-state index in [0.717, 1.165) is 0 Å². The molecule has 0 atom stereocenters. The number of carbonyl (C=O) groups excluding carboxylic acids is 1. The number of carboxylic acids is 1. The quantitative estimate of drug-likeness (QED) is 0.796. The molecule has 0 bridgehead atoms. The summed E-state index contributed by atoms with van der Waals surface area (Å²) in [5, 5.41) is 13.9. The van der Waals surface area contributed by atoms with Crippen LogP contribution in [0.25, 0.3) is 0 Å². The Kier molecular flexibility index (Phi) is 4.28. The summed E-state index contributed by atoms with van der Waals surface area (Å²) in [6.07, 6.45) is 1.28. The number of nitrogens with one attached hydrogen (secondary N) is 2. The van der Waals surface area contributed by atoms with Crippen LogP contribution in [0.4, 0.5) is 16.2 Å². The van der Waals surface area contributed by atoms with Gasteiger partial charge in [0.2, 0.25) is 0 Å². The minimum absolute atomic E-state index is 0.142. The van der Waals surface area contributed by atoms with E-state index in [2.05, 4.69) is 15.6 Å². The van der Waals surface area contributed by atoms with Crippen molar-refractivity contribution in [1.82, 2.24) is 4.98 Å². The Morgan fingerprint density at radius 3 is 2.30 bits per heavy atom. The average Bonchev–Trinajstić information content (AvgIpc) is 2.41. The lowest BCUT2D eigenvalue weighted by Crippen LogP contribution is -2.19. The fraction of sp³-hybridized carbons (Fsp3) is 0.0714. The summed E-state index contributed by atoms with van der Waals surface area (Å²) in [5.41, 5.74) is 1.61. The van der Waals surface area contributed by atoms with Gasteiger partial charge in [0.15, 0.2) is 0 Å². The van der Waals surface area contributed by atoms with E-state index in [1.54, 1.807) is 24.3 Å². The van der Waals surface area contributed by atoms with Crippen molar-refractivity contribution in [3.8, 4) is 0 Å². The minimum atomic E-state index is -0.944. The van der Waals surface area contributed by atoms with Crippen molar-refractivity contribution in [3.05, 3.63) is 54.4 Å². The van der Waals surface area contributed by atoms with Crippen LogP contribution >= 0.6 is 0 Å². The van der Waals surface area contributed by atoms with E-state index in [0.29, 0.717) is 17.1 Å². The lowest BCUT2D eigenvalue weighted by molar-refractivity contribution is -0.136. The first kappa shape index (κ1) is 13.5. The van der Waals surface area contributed by atoms with Gasteiger partial charge in [0, 0.05) is 5.69 Å². The number of carbonyl (C=O) groups is 2. The van der Waals surface area contributed by atoms with Gasteiger partial charge in [-0.25, -0.2) is 4.79 Å². The summed E-state index contributed by atoms with van der Waals surface area (Å²) in [4.78, 5) is 26.2. The molecule has 0 aliphatic heterocycles. The number of amides is 2. The van der Waals surface area contributed by atoms with Crippen molar-refractivity contribution in [2.45, 2.75) is 6.42 Å². The number of hydrogen-bond donors (Lipinski definition) is 3. The summed E-state index contributed by atoms with van der Waals surface area (Å²) in [6, 6.07) is 11.8. The van der Waals surface area contributed by atoms with Crippen LogP contribution in [0.1, 0.15) is 5.69 Å². The largest absolute Gasteiger partial charge is 0.481 e. The number of urea groups is 1. The van der Waals surface area contributed by atoms with Crippen molar-refractivity contribution in [3.63, 3.8) is 0 Å². The Bertz CT molecular complexity index is 597. The van der Waals surface area contributed by atoms with Crippen molar-refractivity contribution in [2.75, 3.05) is 10.6 Å². The molecule has 1 aromatic carbocycles. The molecule has 1 aromatic heterocycles. The highest BCUT2D eigenvalue weighted by molar-refractivity contribution is 5.99. The third kappa shape index (κ3) is 4.09. The first-order valence-electron chi connectivity index (χ1n) is 5.93. The number of rotatable bonds is 4. The first-order valence-corrected chi connectivity index (χ1v) is 5.93. The standard InChI is InChI=1S/C14H13N3O3/c18-13(19)8-11-6-7-12(9-15-11)17-14(20)16-10-4-2-1-3-5-10/h1-7,9H,8H2,(H,18,19)(H2,16,17,20). The van der Waals surface area contributed by atoms with E-state index in [1.165, 1.54) is 6.20 Å². The van der Waals surface area contributed by atoms with Crippen LogP contribution in [0.2, 0.25) is 0 Å². The predicted molar refractivity (Wildman–Crippen MR) is 74.7 cm³/mol. The second-order valence-corrected chi connectivity index (χ2v) is 4.05. The number of para-hydroxylation sites is 1. The molecule has 2 aromatic rings. The third-order valence-electron chi connectivity index (χ3n) is 2.45. The Morgan fingerprint density at radius 2 is 1.70 bits per heavy atom. The number of pyridine rings is 1. The number of aliphatic carboxylic acids is 1. The molecule has 2 amide bonds. The van der Waals surface area contributed by atoms with Crippen molar-refractivity contribution in [2.24, 2.45) is 0 Å². The predicted octanol–water partition coefficient (Wildman–Crippen LogP) is 2.35. The zero-order valence-electron chi connectivity index (χ0n) is 10.5. The fourth-order valence-electron chi connectivity index (χ4n) is 1.57. The van der Waals surface area contributed by atoms with Crippen LogP contribution in [-0.4, -0.2) is 22.1 Å². The lowest BCUT2D eigenvalue weighted by Gasteiger charge is -2.07. The SMILES string of the molecule is O=C(O)Cc1ccc(NC(=O)Nc2ccccc2)cn1. The van der Waals surface area contributed by atoms with Gasteiger partial charge >= 0.3 is 12.0 Å². The van der Waals surface area contributed by atoms with Gasteiger partial charge in [-0.3, -0.25) is 9.78 Å². The van der Waals surface area contributed by atoms with Gasteiger partial charge in [-0.1, -0.05) is 18.2 Å². The Morgan fingerprint density at radius 1 is 1.00 bits per heavy atom. The number of hydrogen-bond acceptors (Lipinski definition) is 3. The monoisotopic (exact) mass is 271 g/mol. The second kappa shape index (κ2) is 6.33. The van der Waals surface area contributed by atoms with E-state index >= 15 is 0 Å². The van der Waals surface area contributed by atoms with Gasteiger partial charge < -0.3 is 15.7 Å². The molecule has 0 aliphatic rings. The Balaban J connectivity index is 1.93. The lowest BCUT2D eigenvalue weighted by atomic mass is 10.2. The van der Waals surface area contributed by atoms with Crippen LogP contribution in [0.5, 0.6) is 0 Å². The van der Waals surface area contributed by atoms with Gasteiger partial charge in [-0.2, -0.15) is 0 Å². The normalized spacial score (nSPS) is 9.80. The maximum Gasteiger partial charge on any atom is 0.323 e. The van der Waals surface area contributed by atoms with Gasteiger partial charge in [0.25, 0.3) is 0 Å². The summed E-state index contributed by atoms with van der Waals surface area (Å²) < 4.78 is 0. The van der Waals surface area contributed by atoms with Gasteiger partial charge in [0.1, 0.15) is 0 Å².